The lowest BCUT2D eigenvalue weighted by Gasteiger charge is -2.22. The molecule has 0 radical (unpaired) electrons. The SMILES string of the molecule is CC(C)c1ccccc1S(=O)(=O)N(C)CC1CCNC1. The fourth-order valence-corrected chi connectivity index (χ4v) is 4.29. The number of hydrogen-bond donors (Lipinski definition) is 1. The molecule has 1 N–H and O–H groups in total. The maximum Gasteiger partial charge on any atom is 0.243 e. The summed E-state index contributed by atoms with van der Waals surface area (Å²) in [5.74, 6) is 0.614. The summed E-state index contributed by atoms with van der Waals surface area (Å²) in [5.41, 5.74) is 0.892. The minimum atomic E-state index is -3.40. The Balaban J connectivity index is 2.25. The van der Waals surface area contributed by atoms with Gasteiger partial charge in [0.15, 0.2) is 0 Å². The Morgan fingerprint density at radius 3 is 2.65 bits per heavy atom. The Kier molecular flexibility index (Phi) is 4.83. The monoisotopic (exact) mass is 296 g/mol. The number of nitrogens with zero attached hydrogens (tertiary/aromatic N) is 1. The Morgan fingerprint density at radius 2 is 2.05 bits per heavy atom. The van der Waals surface area contributed by atoms with Gasteiger partial charge in [-0.05, 0) is 43.0 Å². The van der Waals surface area contributed by atoms with Gasteiger partial charge in [0, 0.05) is 13.6 Å². The largest absolute Gasteiger partial charge is 0.316 e. The summed E-state index contributed by atoms with van der Waals surface area (Å²) in [7, 11) is -1.71. The van der Waals surface area contributed by atoms with Crippen LogP contribution >= 0.6 is 0 Å². The molecule has 1 aromatic carbocycles. The van der Waals surface area contributed by atoms with E-state index in [1.807, 2.05) is 26.0 Å². The topological polar surface area (TPSA) is 49.4 Å². The smallest absolute Gasteiger partial charge is 0.243 e. The van der Waals surface area contributed by atoms with Gasteiger partial charge in [0.2, 0.25) is 10.0 Å². The van der Waals surface area contributed by atoms with Crippen LogP contribution in [0, 0.1) is 5.92 Å². The van der Waals surface area contributed by atoms with E-state index < -0.39 is 10.0 Å². The number of benzene rings is 1. The van der Waals surface area contributed by atoms with E-state index in [2.05, 4.69) is 5.32 Å². The van der Waals surface area contributed by atoms with Crippen molar-refractivity contribution in [3.05, 3.63) is 29.8 Å². The Bertz CT molecular complexity index is 549. The first-order valence-electron chi connectivity index (χ1n) is 7.19. The minimum Gasteiger partial charge on any atom is -0.316 e. The second-order valence-corrected chi connectivity index (χ2v) is 7.85. The molecule has 1 aliphatic heterocycles. The van der Waals surface area contributed by atoms with Crippen molar-refractivity contribution >= 4 is 10.0 Å². The maximum absolute atomic E-state index is 12.8. The predicted octanol–water partition coefficient (Wildman–Crippen LogP) is 2.04. The lowest BCUT2D eigenvalue weighted by Crippen LogP contribution is -2.33. The zero-order chi connectivity index (χ0) is 14.8. The third-order valence-electron chi connectivity index (χ3n) is 3.91. The molecule has 112 valence electrons. The molecule has 20 heavy (non-hydrogen) atoms. The highest BCUT2D eigenvalue weighted by Gasteiger charge is 2.27. The normalized spacial score (nSPS) is 19.9. The molecule has 0 amide bonds. The van der Waals surface area contributed by atoms with Crippen molar-refractivity contribution in [1.29, 1.82) is 0 Å². The second-order valence-electron chi connectivity index (χ2n) is 5.84. The van der Waals surface area contributed by atoms with Crippen molar-refractivity contribution in [1.82, 2.24) is 9.62 Å². The van der Waals surface area contributed by atoms with Crippen LogP contribution in [0.2, 0.25) is 0 Å². The van der Waals surface area contributed by atoms with Crippen LogP contribution in [0.4, 0.5) is 0 Å². The van der Waals surface area contributed by atoms with E-state index in [-0.39, 0.29) is 5.92 Å². The molecule has 1 heterocycles. The highest BCUT2D eigenvalue weighted by molar-refractivity contribution is 7.89. The van der Waals surface area contributed by atoms with Gasteiger partial charge in [0.25, 0.3) is 0 Å². The fourth-order valence-electron chi connectivity index (χ4n) is 2.69. The summed E-state index contributed by atoms with van der Waals surface area (Å²) < 4.78 is 27.0. The van der Waals surface area contributed by atoms with Crippen molar-refractivity contribution in [2.45, 2.75) is 31.1 Å². The van der Waals surface area contributed by atoms with E-state index in [9.17, 15) is 8.42 Å². The van der Waals surface area contributed by atoms with Gasteiger partial charge in [-0.25, -0.2) is 12.7 Å². The molecule has 5 heteroatoms. The molecule has 0 spiro atoms. The Labute approximate surface area is 122 Å². The van der Waals surface area contributed by atoms with Crippen molar-refractivity contribution in [3.63, 3.8) is 0 Å². The molecule has 0 bridgehead atoms. The lowest BCUT2D eigenvalue weighted by atomic mass is 10.0. The molecule has 1 saturated heterocycles. The zero-order valence-electron chi connectivity index (χ0n) is 12.5. The Morgan fingerprint density at radius 1 is 1.35 bits per heavy atom. The van der Waals surface area contributed by atoms with Crippen LogP contribution < -0.4 is 5.32 Å². The Hall–Kier alpha value is -0.910. The van der Waals surface area contributed by atoms with Crippen LogP contribution in [-0.2, 0) is 10.0 Å². The highest BCUT2D eigenvalue weighted by atomic mass is 32.2. The van der Waals surface area contributed by atoms with Crippen molar-refractivity contribution in [3.8, 4) is 0 Å². The number of rotatable bonds is 5. The molecule has 4 nitrogen and oxygen atoms in total. The number of hydrogen-bond acceptors (Lipinski definition) is 3. The van der Waals surface area contributed by atoms with Crippen molar-refractivity contribution in [2.75, 3.05) is 26.7 Å². The first-order valence-corrected chi connectivity index (χ1v) is 8.63. The molecule has 1 fully saturated rings. The van der Waals surface area contributed by atoms with E-state index in [1.165, 1.54) is 4.31 Å². The maximum atomic E-state index is 12.8. The highest BCUT2D eigenvalue weighted by Crippen LogP contribution is 2.26. The molecule has 1 aliphatic rings. The van der Waals surface area contributed by atoms with Crippen LogP contribution in [0.3, 0.4) is 0 Å². The van der Waals surface area contributed by atoms with Gasteiger partial charge in [0.1, 0.15) is 0 Å². The molecule has 1 aromatic rings. The van der Waals surface area contributed by atoms with Gasteiger partial charge in [-0.2, -0.15) is 0 Å². The van der Waals surface area contributed by atoms with Gasteiger partial charge in [-0.1, -0.05) is 32.0 Å². The third-order valence-corrected chi connectivity index (χ3v) is 5.80. The summed E-state index contributed by atoms with van der Waals surface area (Å²) in [6.45, 7) is 6.53. The predicted molar refractivity (Wildman–Crippen MR) is 81.3 cm³/mol. The number of sulfonamides is 1. The summed E-state index contributed by atoms with van der Waals surface area (Å²) >= 11 is 0. The van der Waals surface area contributed by atoms with Crippen LogP contribution in [0.25, 0.3) is 0 Å². The third kappa shape index (κ3) is 3.22. The zero-order valence-corrected chi connectivity index (χ0v) is 13.3. The fraction of sp³-hybridized carbons (Fsp3) is 0.600. The van der Waals surface area contributed by atoms with Crippen LogP contribution in [0.5, 0.6) is 0 Å². The van der Waals surface area contributed by atoms with E-state index >= 15 is 0 Å². The lowest BCUT2D eigenvalue weighted by molar-refractivity contribution is 0.399. The van der Waals surface area contributed by atoms with E-state index in [1.54, 1.807) is 19.2 Å². The average Bonchev–Trinajstić information content (AvgIpc) is 2.91. The minimum absolute atomic E-state index is 0.197. The average molecular weight is 296 g/mol. The summed E-state index contributed by atoms with van der Waals surface area (Å²) in [6.07, 6.45) is 1.05. The molecular formula is C15H24N2O2S. The van der Waals surface area contributed by atoms with Gasteiger partial charge in [-0.15, -0.1) is 0 Å². The second kappa shape index (κ2) is 6.24. The van der Waals surface area contributed by atoms with Gasteiger partial charge < -0.3 is 5.32 Å². The van der Waals surface area contributed by atoms with Gasteiger partial charge in [0.05, 0.1) is 4.90 Å². The summed E-state index contributed by atoms with van der Waals surface area (Å²) in [5, 5.41) is 3.28. The first-order chi connectivity index (χ1) is 9.43. The number of nitrogens with one attached hydrogen (secondary N) is 1. The van der Waals surface area contributed by atoms with E-state index in [0.717, 1.165) is 25.1 Å². The van der Waals surface area contributed by atoms with Crippen LogP contribution in [0.15, 0.2) is 29.2 Å². The molecule has 0 aliphatic carbocycles. The van der Waals surface area contributed by atoms with Crippen molar-refractivity contribution < 1.29 is 8.42 Å². The van der Waals surface area contributed by atoms with Crippen molar-refractivity contribution in [2.24, 2.45) is 5.92 Å². The molecule has 1 unspecified atom stereocenters. The van der Waals surface area contributed by atoms with Crippen LogP contribution in [0.1, 0.15) is 31.7 Å². The molecular weight excluding hydrogens is 272 g/mol. The standard InChI is InChI=1S/C15H24N2O2S/c1-12(2)14-6-4-5-7-15(14)20(18,19)17(3)11-13-8-9-16-10-13/h4-7,12-13,16H,8-11H2,1-3H3. The first kappa shape index (κ1) is 15.5. The van der Waals surface area contributed by atoms with Gasteiger partial charge >= 0.3 is 0 Å². The molecule has 0 saturated carbocycles. The van der Waals surface area contributed by atoms with E-state index in [0.29, 0.717) is 17.4 Å². The summed E-state index contributed by atoms with van der Waals surface area (Å²) in [6, 6.07) is 7.32. The molecule has 0 aromatic heterocycles. The van der Waals surface area contributed by atoms with Crippen LogP contribution in [-0.4, -0.2) is 39.4 Å². The summed E-state index contributed by atoms with van der Waals surface area (Å²) in [4.78, 5) is 0.448. The molecule has 2 rings (SSSR count). The van der Waals surface area contributed by atoms with Gasteiger partial charge in [-0.3, -0.25) is 0 Å². The van der Waals surface area contributed by atoms with E-state index in [4.69, 9.17) is 0 Å². The quantitative estimate of drug-likeness (QED) is 0.904. The molecule has 1 atom stereocenters.